The van der Waals surface area contributed by atoms with Gasteiger partial charge in [0.1, 0.15) is 0 Å². The molecular weight excluding hydrogens is 322 g/mol. The van der Waals surface area contributed by atoms with Crippen molar-refractivity contribution in [2.45, 2.75) is 19.4 Å². The lowest BCUT2D eigenvalue weighted by Crippen LogP contribution is -2.04. The van der Waals surface area contributed by atoms with E-state index >= 15 is 0 Å². The van der Waals surface area contributed by atoms with Crippen molar-refractivity contribution < 1.29 is 10.0 Å². The molecule has 0 fully saturated rings. The fourth-order valence-electron chi connectivity index (χ4n) is 2.07. The fraction of sp³-hybridized carbons (Fsp3) is 0.200. The van der Waals surface area contributed by atoms with Crippen LogP contribution in [0.25, 0.3) is 0 Å². The highest BCUT2D eigenvalue weighted by atomic mass is 79.9. The highest BCUT2D eigenvalue weighted by Gasteiger charge is 2.13. The molecule has 2 rings (SSSR count). The molecule has 5 heteroatoms. The van der Waals surface area contributed by atoms with Crippen LogP contribution in [-0.2, 0) is 6.42 Å². The van der Waals surface area contributed by atoms with E-state index < -0.39 is 11.0 Å². The molecule has 0 heterocycles. The predicted molar refractivity (Wildman–Crippen MR) is 80.6 cm³/mol. The Hall–Kier alpha value is -1.72. The summed E-state index contributed by atoms with van der Waals surface area (Å²) in [6, 6.07) is 12.0. The minimum Gasteiger partial charge on any atom is -0.388 e. The molecule has 1 unspecified atom stereocenters. The van der Waals surface area contributed by atoms with Crippen LogP contribution in [0.1, 0.15) is 22.8 Å². The summed E-state index contributed by atoms with van der Waals surface area (Å²) >= 11 is 3.44. The number of hydrogen-bond acceptors (Lipinski definition) is 3. The first kappa shape index (κ1) is 14.7. The maximum atomic E-state index is 10.6. The molecule has 4 nitrogen and oxygen atoms in total. The van der Waals surface area contributed by atoms with E-state index in [-0.39, 0.29) is 5.69 Å². The number of aliphatic hydroxyl groups is 1. The Bertz CT molecular complexity index is 626. The topological polar surface area (TPSA) is 63.4 Å². The van der Waals surface area contributed by atoms with Gasteiger partial charge in [0.15, 0.2) is 0 Å². The van der Waals surface area contributed by atoms with Crippen LogP contribution in [0, 0.1) is 17.0 Å². The summed E-state index contributed by atoms with van der Waals surface area (Å²) in [4.78, 5) is 10.2. The maximum Gasteiger partial charge on any atom is 0.269 e. The number of hydrogen-bond donors (Lipinski definition) is 1. The number of halogens is 1. The second-order valence-corrected chi connectivity index (χ2v) is 5.45. The highest BCUT2D eigenvalue weighted by molar-refractivity contribution is 9.10. The summed E-state index contributed by atoms with van der Waals surface area (Å²) < 4.78 is 0.956. The van der Waals surface area contributed by atoms with Gasteiger partial charge in [0.2, 0.25) is 0 Å². The Morgan fingerprint density at radius 3 is 2.50 bits per heavy atom. The van der Waals surface area contributed by atoms with Crippen molar-refractivity contribution in [1.82, 2.24) is 0 Å². The van der Waals surface area contributed by atoms with Crippen molar-refractivity contribution in [2.75, 3.05) is 0 Å². The van der Waals surface area contributed by atoms with Gasteiger partial charge in [0.05, 0.1) is 11.0 Å². The van der Waals surface area contributed by atoms with Crippen LogP contribution in [0.4, 0.5) is 5.69 Å². The first-order valence-corrected chi connectivity index (χ1v) is 6.94. The molecule has 20 heavy (non-hydrogen) atoms. The molecule has 0 bridgehead atoms. The van der Waals surface area contributed by atoms with Gasteiger partial charge >= 0.3 is 0 Å². The highest BCUT2D eigenvalue weighted by Crippen LogP contribution is 2.27. The Morgan fingerprint density at radius 2 is 1.90 bits per heavy atom. The van der Waals surface area contributed by atoms with Crippen molar-refractivity contribution >= 4 is 21.6 Å². The van der Waals surface area contributed by atoms with E-state index in [2.05, 4.69) is 15.9 Å². The van der Waals surface area contributed by atoms with Gasteiger partial charge in [-0.05, 0) is 29.7 Å². The molecular formula is C15H14BrNO3. The van der Waals surface area contributed by atoms with Crippen molar-refractivity contribution in [3.63, 3.8) is 0 Å². The molecule has 104 valence electrons. The lowest BCUT2D eigenvalue weighted by molar-refractivity contribution is -0.384. The standard InChI is InChI=1S/C15H14BrNO3/c1-10-13(3-2-4-14(10)16)15(18)9-11-5-7-12(8-6-11)17(19)20/h2-8,15,18H,9H2,1H3. The van der Waals surface area contributed by atoms with Gasteiger partial charge in [0, 0.05) is 23.0 Å². The van der Waals surface area contributed by atoms with Crippen LogP contribution >= 0.6 is 15.9 Å². The zero-order chi connectivity index (χ0) is 14.7. The van der Waals surface area contributed by atoms with Crippen LogP contribution < -0.4 is 0 Å². The Labute approximate surface area is 125 Å². The number of nitro groups is 1. The van der Waals surface area contributed by atoms with Crippen LogP contribution in [0.3, 0.4) is 0 Å². The summed E-state index contributed by atoms with van der Waals surface area (Å²) in [6.45, 7) is 1.94. The van der Waals surface area contributed by atoms with Crippen molar-refractivity contribution in [3.05, 3.63) is 73.7 Å². The minimum absolute atomic E-state index is 0.0573. The van der Waals surface area contributed by atoms with E-state index in [1.54, 1.807) is 12.1 Å². The van der Waals surface area contributed by atoms with Gasteiger partial charge in [-0.2, -0.15) is 0 Å². The fourth-order valence-corrected chi connectivity index (χ4v) is 2.45. The largest absolute Gasteiger partial charge is 0.388 e. The van der Waals surface area contributed by atoms with Gasteiger partial charge in [-0.3, -0.25) is 10.1 Å². The number of non-ortho nitro benzene ring substituents is 1. The molecule has 0 amide bonds. The number of nitrogens with zero attached hydrogens (tertiary/aromatic N) is 1. The van der Waals surface area contributed by atoms with E-state index in [0.717, 1.165) is 21.2 Å². The van der Waals surface area contributed by atoms with Crippen LogP contribution in [-0.4, -0.2) is 10.0 Å². The molecule has 0 saturated heterocycles. The first-order chi connectivity index (χ1) is 9.49. The lowest BCUT2D eigenvalue weighted by atomic mass is 9.98. The average molecular weight is 336 g/mol. The van der Waals surface area contributed by atoms with Gasteiger partial charge in [-0.25, -0.2) is 0 Å². The van der Waals surface area contributed by atoms with Gasteiger partial charge in [0.25, 0.3) is 5.69 Å². The second-order valence-electron chi connectivity index (χ2n) is 4.60. The van der Waals surface area contributed by atoms with Crippen LogP contribution in [0.5, 0.6) is 0 Å². The minimum atomic E-state index is -0.631. The maximum absolute atomic E-state index is 10.6. The third-order valence-corrected chi connectivity index (χ3v) is 4.10. The summed E-state index contributed by atoms with van der Waals surface area (Å²) in [6.07, 6.45) is -0.205. The van der Waals surface area contributed by atoms with Crippen LogP contribution in [0.2, 0.25) is 0 Å². The van der Waals surface area contributed by atoms with E-state index in [1.165, 1.54) is 12.1 Å². The Morgan fingerprint density at radius 1 is 1.25 bits per heavy atom. The van der Waals surface area contributed by atoms with E-state index in [9.17, 15) is 15.2 Å². The SMILES string of the molecule is Cc1c(Br)cccc1C(O)Cc1ccc([N+](=O)[O-])cc1. The number of rotatable bonds is 4. The normalized spacial score (nSPS) is 12.2. The zero-order valence-electron chi connectivity index (χ0n) is 10.9. The lowest BCUT2D eigenvalue weighted by Gasteiger charge is -2.14. The number of aliphatic hydroxyl groups excluding tert-OH is 1. The molecule has 0 radical (unpaired) electrons. The quantitative estimate of drug-likeness (QED) is 0.679. The van der Waals surface area contributed by atoms with Gasteiger partial charge < -0.3 is 5.11 Å². The summed E-state index contributed by atoms with van der Waals surface area (Å²) in [7, 11) is 0. The van der Waals surface area contributed by atoms with Crippen molar-refractivity contribution in [1.29, 1.82) is 0 Å². The average Bonchev–Trinajstić information content (AvgIpc) is 2.42. The summed E-state index contributed by atoms with van der Waals surface area (Å²) in [5.74, 6) is 0. The third-order valence-electron chi connectivity index (χ3n) is 3.24. The predicted octanol–water partition coefficient (Wildman–Crippen LogP) is 3.94. The second kappa shape index (κ2) is 6.15. The summed E-state index contributed by atoms with van der Waals surface area (Å²) in [5, 5.41) is 20.9. The molecule has 2 aromatic carbocycles. The van der Waals surface area contributed by atoms with E-state index in [4.69, 9.17) is 0 Å². The molecule has 0 aliphatic rings. The molecule has 0 aliphatic heterocycles. The monoisotopic (exact) mass is 335 g/mol. The summed E-state index contributed by atoms with van der Waals surface area (Å²) in [5.41, 5.74) is 2.78. The number of benzene rings is 2. The molecule has 0 aliphatic carbocycles. The molecule has 0 spiro atoms. The molecule has 1 atom stereocenters. The smallest absolute Gasteiger partial charge is 0.269 e. The molecule has 0 saturated carbocycles. The van der Waals surface area contributed by atoms with E-state index in [1.807, 2.05) is 25.1 Å². The van der Waals surface area contributed by atoms with Crippen molar-refractivity contribution in [3.8, 4) is 0 Å². The van der Waals surface area contributed by atoms with Gasteiger partial charge in [-0.1, -0.05) is 40.2 Å². The first-order valence-electron chi connectivity index (χ1n) is 6.15. The molecule has 0 aromatic heterocycles. The molecule has 1 N–H and O–H groups in total. The third kappa shape index (κ3) is 3.23. The Kier molecular flexibility index (Phi) is 4.52. The van der Waals surface area contributed by atoms with E-state index in [0.29, 0.717) is 6.42 Å². The zero-order valence-corrected chi connectivity index (χ0v) is 12.5. The molecule has 2 aromatic rings. The Balaban J connectivity index is 2.17. The van der Waals surface area contributed by atoms with Crippen LogP contribution in [0.15, 0.2) is 46.9 Å². The van der Waals surface area contributed by atoms with Crippen molar-refractivity contribution in [2.24, 2.45) is 0 Å². The van der Waals surface area contributed by atoms with Gasteiger partial charge in [-0.15, -0.1) is 0 Å². The number of nitro benzene ring substituents is 1.